The van der Waals surface area contributed by atoms with E-state index in [1.54, 1.807) is 0 Å². The Hall–Kier alpha value is -0.0800. The van der Waals surface area contributed by atoms with Crippen LogP contribution < -0.4 is 11.1 Å². The van der Waals surface area contributed by atoms with Crippen LogP contribution in [0.1, 0.15) is 44.9 Å². The van der Waals surface area contributed by atoms with E-state index in [0.717, 1.165) is 6.54 Å². The number of rotatable bonds is 2. The maximum absolute atomic E-state index is 5.97. The first-order chi connectivity index (χ1) is 6.29. The molecule has 2 aliphatic rings. The summed E-state index contributed by atoms with van der Waals surface area (Å²) in [6, 6.07) is 0. The molecule has 1 atom stereocenters. The lowest BCUT2D eigenvalue weighted by Gasteiger charge is -2.43. The summed E-state index contributed by atoms with van der Waals surface area (Å²) in [5.74, 6) is 0. The molecule has 2 saturated carbocycles. The largest absolute Gasteiger partial charge is 0.329 e. The van der Waals surface area contributed by atoms with E-state index in [2.05, 4.69) is 12.4 Å². The molecule has 2 rings (SSSR count). The molecule has 2 fully saturated rings. The van der Waals surface area contributed by atoms with Crippen LogP contribution in [-0.4, -0.2) is 19.1 Å². The maximum atomic E-state index is 5.97. The summed E-state index contributed by atoms with van der Waals surface area (Å²) < 4.78 is 0. The fraction of sp³-hybridized carbons (Fsp3) is 1.00. The van der Waals surface area contributed by atoms with Crippen molar-refractivity contribution in [3.63, 3.8) is 0 Å². The van der Waals surface area contributed by atoms with E-state index in [1.807, 2.05) is 0 Å². The van der Waals surface area contributed by atoms with Crippen molar-refractivity contribution in [1.29, 1.82) is 0 Å². The zero-order valence-corrected chi connectivity index (χ0v) is 8.73. The molecule has 0 radical (unpaired) electrons. The van der Waals surface area contributed by atoms with Crippen LogP contribution in [0.2, 0.25) is 0 Å². The minimum Gasteiger partial charge on any atom is -0.329 e. The molecule has 2 aliphatic carbocycles. The molecule has 2 nitrogen and oxygen atoms in total. The van der Waals surface area contributed by atoms with Crippen molar-refractivity contribution < 1.29 is 0 Å². The van der Waals surface area contributed by atoms with Gasteiger partial charge in [0.2, 0.25) is 0 Å². The molecule has 3 N–H and O–H groups in total. The van der Waals surface area contributed by atoms with Gasteiger partial charge in [0.25, 0.3) is 0 Å². The van der Waals surface area contributed by atoms with E-state index in [4.69, 9.17) is 5.73 Å². The second kappa shape index (κ2) is 3.25. The van der Waals surface area contributed by atoms with Crippen molar-refractivity contribution in [1.82, 2.24) is 5.32 Å². The predicted molar refractivity (Wildman–Crippen MR) is 55.6 cm³/mol. The van der Waals surface area contributed by atoms with Gasteiger partial charge in [0.1, 0.15) is 0 Å². The molecule has 0 amide bonds. The zero-order chi connectivity index (χ0) is 9.36. The first-order valence-corrected chi connectivity index (χ1v) is 5.68. The molecule has 1 unspecified atom stereocenters. The Kier molecular flexibility index (Phi) is 2.37. The second-order valence-corrected chi connectivity index (χ2v) is 4.88. The third kappa shape index (κ3) is 1.15. The van der Waals surface area contributed by atoms with E-state index >= 15 is 0 Å². The van der Waals surface area contributed by atoms with E-state index in [0.29, 0.717) is 5.41 Å². The fourth-order valence-electron chi connectivity index (χ4n) is 3.82. The predicted octanol–water partition coefficient (Wildman–Crippen LogP) is 1.65. The van der Waals surface area contributed by atoms with E-state index in [9.17, 15) is 0 Å². The highest BCUT2D eigenvalue weighted by Crippen LogP contribution is 2.55. The smallest absolute Gasteiger partial charge is 0.0358 e. The lowest BCUT2D eigenvalue weighted by Crippen LogP contribution is -2.57. The summed E-state index contributed by atoms with van der Waals surface area (Å²) in [6.07, 6.45) is 9.73. The van der Waals surface area contributed by atoms with Gasteiger partial charge in [-0.15, -0.1) is 0 Å². The molecule has 13 heavy (non-hydrogen) atoms. The molecular weight excluding hydrogens is 160 g/mol. The van der Waals surface area contributed by atoms with Gasteiger partial charge >= 0.3 is 0 Å². The van der Waals surface area contributed by atoms with Crippen LogP contribution in [0.15, 0.2) is 0 Å². The standard InChI is InChI=1S/C11H22N2/c1-13-11(9-12)8-4-7-10(11)5-2-3-6-10/h13H,2-9,12H2,1H3. The van der Waals surface area contributed by atoms with Gasteiger partial charge in [-0.2, -0.15) is 0 Å². The summed E-state index contributed by atoms with van der Waals surface area (Å²) in [6.45, 7) is 0.823. The minimum atomic E-state index is 0.281. The van der Waals surface area contributed by atoms with Gasteiger partial charge in [0.15, 0.2) is 0 Å². The Bertz CT molecular complexity index is 168. The third-order valence-corrected chi connectivity index (χ3v) is 4.66. The minimum absolute atomic E-state index is 0.281. The lowest BCUT2D eigenvalue weighted by molar-refractivity contribution is 0.137. The number of hydrogen-bond donors (Lipinski definition) is 2. The Labute approximate surface area is 81.3 Å². The van der Waals surface area contributed by atoms with Gasteiger partial charge in [-0.3, -0.25) is 0 Å². The van der Waals surface area contributed by atoms with Crippen LogP contribution >= 0.6 is 0 Å². The topological polar surface area (TPSA) is 38.0 Å². The summed E-state index contributed by atoms with van der Waals surface area (Å²) in [5, 5.41) is 3.53. The monoisotopic (exact) mass is 182 g/mol. The highest BCUT2D eigenvalue weighted by atomic mass is 15.0. The molecular formula is C11H22N2. The van der Waals surface area contributed by atoms with Crippen molar-refractivity contribution in [3.8, 4) is 0 Å². The normalized spacial score (nSPS) is 37.4. The van der Waals surface area contributed by atoms with Gasteiger partial charge in [0.05, 0.1) is 0 Å². The van der Waals surface area contributed by atoms with Crippen LogP contribution in [-0.2, 0) is 0 Å². The van der Waals surface area contributed by atoms with E-state index in [-0.39, 0.29) is 5.54 Å². The average Bonchev–Trinajstić information content (AvgIpc) is 2.76. The van der Waals surface area contributed by atoms with Crippen molar-refractivity contribution in [3.05, 3.63) is 0 Å². The Balaban J connectivity index is 2.25. The molecule has 0 aromatic heterocycles. The lowest BCUT2D eigenvalue weighted by atomic mass is 9.70. The Morgan fingerprint density at radius 1 is 1.08 bits per heavy atom. The fourth-order valence-corrected chi connectivity index (χ4v) is 3.82. The number of nitrogens with two attached hydrogens (primary N) is 1. The molecule has 0 bridgehead atoms. The number of hydrogen-bond acceptors (Lipinski definition) is 2. The first-order valence-electron chi connectivity index (χ1n) is 5.68. The second-order valence-electron chi connectivity index (χ2n) is 4.88. The summed E-state index contributed by atoms with van der Waals surface area (Å²) in [5.41, 5.74) is 6.82. The van der Waals surface area contributed by atoms with Gasteiger partial charge in [-0.1, -0.05) is 19.3 Å². The molecule has 2 heteroatoms. The van der Waals surface area contributed by atoms with Crippen molar-refractivity contribution in [2.75, 3.05) is 13.6 Å². The molecule has 0 saturated heterocycles. The molecule has 0 aromatic carbocycles. The van der Waals surface area contributed by atoms with Crippen LogP contribution in [0.25, 0.3) is 0 Å². The van der Waals surface area contributed by atoms with Crippen LogP contribution in [0.5, 0.6) is 0 Å². The van der Waals surface area contributed by atoms with Gasteiger partial charge in [-0.25, -0.2) is 0 Å². The summed E-state index contributed by atoms with van der Waals surface area (Å²) in [4.78, 5) is 0. The van der Waals surface area contributed by atoms with Crippen LogP contribution in [0.4, 0.5) is 0 Å². The van der Waals surface area contributed by atoms with Gasteiger partial charge in [-0.05, 0) is 38.1 Å². The number of nitrogens with one attached hydrogen (secondary N) is 1. The maximum Gasteiger partial charge on any atom is 0.0358 e. The molecule has 0 aliphatic heterocycles. The Morgan fingerprint density at radius 3 is 2.23 bits per heavy atom. The van der Waals surface area contributed by atoms with Crippen LogP contribution in [0.3, 0.4) is 0 Å². The zero-order valence-electron chi connectivity index (χ0n) is 8.73. The third-order valence-electron chi connectivity index (χ3n) is 4.66. The van der Waals surface area contributed by atoms with Crippen molar-refractivity contribution in [2.45, 2.75) is 50.5 Å². The van der Waals surface area contributed by atoms with Gasteiger partial charge in [0, 0.05) is 12.1 Å². The van der Waals surface area contributed by atoms with Crippen molar-refractivity contribution >= 4 is 0 Å². The highest BCUT2D eigenvalue weighted by molar-refractivity contribution is 5.10. The van der Waals surface area contributed by atoms with Gasteiger partial charge < -0.3 is 11.1 Å². The molecule has 76 valence electrons. The highest BCUT2D eigenvalue weighted by Gasteiger charge is 2.53. The molecule has 0 heterocycles. The molecule has 1 spiro atoms. The van der Waals surface area contributed by atoms with Crippen molar-refractivity contribution in [2.24, 2.45) is 11.1 Å². The summed E-state index contributed by atoms with van der Waals surface area (Å²) in [7, 11) is 2.10. The first kappa shape index (κ1) is 9.47. The average molecular weight is 182 g/mol. The molecule has 0 aromatic rings. The number of likely N-dealkylation sites (N-methyl/N-ethyl adjacent to an activating group) is 1. The summed E-state index contributed by atoms with van der Waals surface area (Å²) >= 11 is 0. The van der Waals surface area contributed by atoms with E-state index < -0.39 is 0 Å². The van der Waals surface area contributed by atoms with Crippen LogP contribution in [0, 0.1) is 5.41 Å². The SMILES string of the molecule is CNC1(CN)CCCC12CCCC2. The van der Waals surface area contributed by atoms with E-state index in [1.165, 1.54) is 44.9 Å². The Morgan fingerprint density at radius 2 is 1.69 bits per heavy atom. The quantitative estimate of drug-likeness (QED) is 0.681.